The molecule has 1 heterocycles. The molecular formula is C15H19NO5S. The molecule has 1 aromatic carbocycles. The number of sulfone groups is 1. The first-order chi connectivity index (χ1) is 10.2. The number of nitrogens with one attached hydrogen (secondary N) is 1. The summed E-state index contributed by atoms with van der Waals surface area (Å²) in [6, 6.07) is 6.48. The Morgan fingerprint density at radius 2 is 1.91 bits per heavy atom. The van der Waals surface area contributed by atoms with Gasteiger partial charge in [-0.3, -0.25) is 9.59 Å². The Morgan fingerprint density at radius 3 is 2.41 bits per heavy atom. The Kier molecular flexibility index (Phi) is 4.55. The topological polar surface area (TPSA) is 89.5 Å². The molecule has 0 radical (unpaired) electrons. The molecule has 22 heavy (non-hydrogen) atoms. The first kappa shape index (κ1) is 16.5. The van der Waals surface area contributed by atoms with Gasteiger partial charge in [0.1, 0.15) is 5.75 Å². The summed E-state index contributed by atoms with van der Waals surface area (Å²) in [5.41, 5.74) is -0.155. The molecular weight excluding hydrogens is 306 g/mol. The molecule has 2 rings (SSSR count). The van der Waals surface area contributed by atoms with Crippen molar-refractivity contribution in [1.82, 2.24) is 5.32 Å². The van der Waals surface area contributed by atoms with Gasteiger partial charge in [-0.2, -0.15) is 0 Å². The van der Waals surface area contributed by atoms with Crippen LogP contribution < -0.4 is 10.1 Å². The second-order valence-electron chi connectivity index (χ2n) is 5.82. The first-order valence-electron chi connectivity index (χ1n) is 6.94. The standard InChI is InChI=1S/C15H19NO5S/c1-11(17)12-3-5-13(6-4-12)21-9-14(18)16-15(2)7-8-22(19,20)10-15/h3-6H,7-10H2,1-2H3,(H,16,18)/t15-/m0/s1. The van der Waals surface area contributed by atoms with Crippen molar-refractivity contribution in [1.29, 1.82) is 0 Å². The van der Waals surface area contributed by atoms with Crippen LogP contribution in [0.4, 0.5) is 0 Å². The number of ether oxygens (including phenoxy) is 1. The van der Waals surface area contributed by atoms with Crippen LogP contribution in [0.3, 0.4) is 0 Å². The fourth-order valence-corrected chi connectivity index (χ4v) is 4.51. The smallest absolute Gasteiger partial charge is 0.258 e. The molecule has 7 heteroatoms. The van der Waals surface area contributed by atoms with Gasteiger partial charge in [0, 0.05) is 5.56 Å². The summed E-state index contributed by atoms with van der Waals surface area (Å²) < 4.78 is 28.3. The Morgan fingerprint density at radius 1 is 1.27 bits per heavy atom. The highest BCUT2D eigenvalue weighted by molar-refractivity contribution is 7.91. The molecule has 1 saturated heterocycles. The molecule has 0 spiro atoms. The Hall–Kier alpha value is -1.89. The number of carbonyl (C=O) groups is 2. The van der Waals surface area contributed by atoms with Gasteiger partial charge in [0.15, 0.2) is 22.2 Å². The number of hydrogen-bond acceptors (Lipinski definition) is 5. The number of rotatable bonds is 5. The van der Waals surface area contributed by atoms with E-state index in [9.17, 15) is 18.0 Å². The van der Waals surface area contributed by atoms with Gasteiger partial charge >= 0.3 is 0 Å². The molecule has 6 nitrogen and oxygen atoms in total. The number of Topliss-reactive ketones (excluding diaryl/α,β-unsaturated/α-hetero) is 1. The molecule has 0 bridgehead atoms. The number of carbonyl (C=O) groups excluding carboxylic acids is 2. The highest BCUT2D eigenvalue weighted by Crippen LogP contribution is 2.22. The Balaban J connectivity index is 1.87. The van der Waals surface area contributed by atoms with Gasteiger partial charge in [0.2, 0.25) is 0 Å². The molecule has 0 saturated carbocycles. The van der Waals surface area contributed by atoms with Crippen LogP contribution in [0.1, 0.15) is 30.6 Å². The van der Waals surface area contributed by atoms with Crippen LogP contribution in [-0.4, -0.2) is 43.8 Å². The third-order valence-corrected chi connectivity index (χ3v) is 5.48. The van der Waals surface area contributed by atoms with Crippen molar-refractivity contribution >= 4 is 21.5 Å². The molecule has 0 aliphatic carbocycles. The molecule has 1 aliphatic rings. The van der Waals surface area contributed by atoms with E-state index in [1.807, 2.05) is 0 Å². The second kappa shape index (κ2) is 6.08. The summed E-state index contributed by atoms with van der Waals surface area (Å²) in [5.74, 6) is 0.121. The van der Waals surface area contributed by atoms with Crippen LogP contribution in [-0.2, 0) is 14.6 Å². The van der Waals surface area contributed by atoms with Gasteiger partial charge in [0.25, 0.3) is 5.91 Å². The summed E-state index contributed by atoms with van der Waals surface area (Å²) in [5, 5.41) is 2.71. The summed E-state index contributed by atoms with van der Waals surface area (Å²) >= 11 is 0. The minimum absolute atomic E-state index is 0.0420. The van der Waals surface area contributed by atoms with Gasteiger partial charge < -0.3 is 10.1 Å². The lowest BCUT2D eigenvalue weighted by Crippen LogP contribution is -2.48. The fourth-order valence-electron chi connectivity index (χ4n) is 2.42. The van der Waals surface area contributed by atoms with E-state index in [-0.39, 0.29) is 29.8 Å². The monoisotopic (exact) mass is 325 g/mol. The zero-order chi connectivity index (χ0) is 16.4. The summed E-state index contributed by atoms with van der Waals surface area (Å²) in [4.78, 5) is 23.0. The predicted octanol–water partition coefficient (Wildman–Crippen LogP) is 0.961. The Labute approximate surface area is 129 Å². The minimum atomic E-state index is -3.07. The number of ketones is 1. The van der Waals surface area contributed by atoms with Crippen molar-refractivity contribution in [3.05, 3.63) is 29.8 Å². The summed E-state index contributed by atoms with van der Waals surface area (Å²) in [7, 11) is -3.07. The van der Waals surface area contributed by atoms with E-state index in [2.05, 4.69) is 5.32 Å². The largest absolute Gasteiger partial charge is 0.484 e. The van der Waals surface area contributed by atoms with Crippen molar-refractivity contribution in [3.63, 3.8) is 0 Å². The van der Waals surface area contributed by atoms with E-state index in [0.717, 1.165) is 0 Å². The molecule has 1 N–H and O–H groups in total. The van der Waals surface area contributed by atoms with Gasteiger partial charge in [0.05, 0.1) is 17.0 Å². The van der Waals surface area contributed by atoms with E-state index < -0.39 is 15.4 Å². The van der Waals surface area contributed by atoms with E-state index in [4.69, 9.17) is 4.74 Å². The van der Waals surface area contributed by atoms with E-state index in [0.29, 0.717) is 17.7 Å². The molecule has 1 aromatic rings. The zero-order valence-electron chi connectivity index (χ0n) is 12.6. The van der Waals surface area contributed by atoms with Crippen LogP contribution >= 0.6 is 0 Å². The second-order valence-corrected chi connectivity index (χ2v) is 8.00. The highest BCUT2D eigenvalue weighted by atomic mass is 32.2. The van der Waals surface area contributed by atoms with E-state index in [1.165, 1.54) is 6.92 Å². The maximum Gasteiger partial charge on any atom is 0.258 e. The predicted molar refractivity (Wildman–Crippen MR) is 81.8 cm³/mol. The number of amides is 1. The van der Waals surface area contributed by atoms with Crippen LogP contribution in [0.5, 0.6) is 5.75 Å². The van der Waals surface area contributed by atoms with E-state index in [1.54, 1.807) is 31.2 Å². The average molecular weight is 325 g/mol. The summed E-state index contributed by atoms with van der Waals surface area (Å²) in [6.07, 6.45) is 0.411. The van der Waals surface area contributed by atoms with Crippen LogP contribution in [0.2, 0.25) is 0 Å². The minimum Gasteiger partial charge on any atom is -0.484 e. The SMILES string of the molecule is CC(=O)c1ccc(OCC(=O)N[C@@]2(C)CCS(=O)(=O)C2)cc1. The van der Waals surface area contributed by atoms with Crippen molar-refractivity contribution in [3.8, 4) is 5.75 Å². The molecule has 1 fully saturated rings. The maximum absolute atomic E-state index is 11.9. The number of hydrogen-bond donors (Lipinski definition) is 1. The average Bonchev–Trinajstić information content (AvgIpc) is 2.70. The zero-order valence-corrected chi connectivity index (χ0v) is 13.4. The fraction of sp³-hybridized carbons (Fsp3) is 0.467. The lowest BCUT2D eigenvalue weighted by molar-refractivity contribution is -0.124. The molecule has 1 amide bonds. The van der Waals surface area contributed by atoms with Gasteiger partial charge in [-0.25, -0.2) is 8.42 Å². The molecule has 120 valence electrons. The van der Waals surface area contributed by atoms with Gasteiger partial charge in [-0.1, -0.05) is 0 Å². The third-order valence-electron chi connectivity index (χ3n) is 3.58. The third kappa shape index (κ3) is 4.30. The van der Waals surface area contributed by atoms with Crippen molar-refractivity contribution in [2.45, 2.75) is 25.8 Å². The van der Waals surface area contributed by atoms with Crippen molar-refractivity contribution in [2.24, 2.45) is 0 Å². The van der Waals surface area contributed by atoms with Gasteiger partial charge in [-0.05, 0) is 44.5 Å². The Bertz CT molecular complexity index is 680. The molecule has 0 aromatic heterocycles. The van der Waals surface area contributed by atoms with Crippen LogP contribution in [0, 0.1) is 0 Å². The molecule has 0 unspecified atom stereocenters. The number of benzene rings is 1. The molecule has 1 aliphatic heterocycles. The van der Waals surface area contributed by atoms with Crippen LogP contribution in [0.25, 0.3) is 0 Å². The maximum atomic E-state index is 11.9. The first-order valence-corrected chi connectivity index (χ1v) is 8.77. The highest BCUT2D eigenvalue weighted by Gasteiger charge is 2.39. The van der Waals surface area contributed by atoms with E-state index >= 15 is 0 Å². The lowest BCUT2D eigenvalue weighted by Gasteiger charge is -2.23. The van der Waals surface area contributed by atoms with Crippen LogP contribution in [0.15, 0.2) is 24.3 Å². The molecule has 1 atom stereocenters. The van der Waals surface area contributed by atoms with Crippen molar-refractivity contribution in [2.75, 3.05) is 18.1 Å². The van der Waals surface area contributed by atoms with Crippen molar-refractivity contribution < 1.29 is 22.7 Å². The van der Waals surface area contributed by atoms with Gasteiger partial charge in [-0.15, -0.1) is 0 Å². The lowest BCUT2D eigenvalue weighted by atomic mass is 10.0. The normalized spacial score (nSPS) is 23.0. The quantitative estimate of drug-likeness (QED) is 0.815. The summed E-state index contributed by atoms with van der Waals surface area (Å²) in [6.45, 7) is 2.99.